The summed E-state index contributed by atoms with van der Waals surface area (Å²) in [6.45, 7) is 2.38. The van der Waals surface area contributed by atoms with Crippen LogP contribution in [0.3, 0.4) is 0 Å². The van der Waals surface area contributed by atoms with E-state index in [0.717, 1.165) is 17.7 Å². The number of nitrogens with one attached hydrogen (secondary N) is 2. The molecule has 0 radical (unpaired) electrons. The fourth-order valence-corrected chi connectivity index (χ4v) is 5.48. The Bertz CT molecular complexity index is 1120. The summed E-state index contributed by atoms with van der Waals surface area (Å²) >= 11 is 0. The van der Waals surface area contributed by atoms with Gasteiger partial charge in [-0.05, 0) is 49.1 Å². The Kier molecular flexibility index (Phi) is 5.97. The molecule has 0 bridgehead atoms. The molecule has 2 aliphatic rings. The van der Waals surface area contributed by atoms with Crippen molar-refractivity contribution in [3.05, 3.63) is 48.0 Å². The predicted octanol–water partition coefficient (Wildman–Crippen LogP) is 2.62. The third kappa shape index (κ3) is 4.42. The molecule has 8 nitrogen and oxygen atoms in total. The largest absolute Gasteiger partial charge is 0.482 e. The lowest BCUT2D eigenvalue weighted by Crippen LogP contribution is -2.43. The molecule has 31 heavy (non-hydrogen) atoms. The lowest BCUT2D eigenvalue weighted by molar-refractivity contribution is -0.121. The molecule has 0 saturated carbocycles. The van der Waals surface area contributed by atoms with Crippen LogP contribution in [-0.2, 0) is 26.0 Å². The number of hydrogen-bond acceptors (Lipinski definition) is 5. The molecular weight excluding hydrogens is 418 g/mol. The van der Waals surface area contributed by atoms with Gasteiger partial charge in [0.05, 0.1) is 16.5 Å². The summed E-state index contributed by atoms with van der Waals surface area (Å²) in [5.74, 6) is -0.505. The minimum atomic E-state index is -3.82. The molecule has 4 rings (SSSR count). The zero-order chi connectivity index (χ0) is 22.0. The average Bonchev–Trinajstić information content (AvgIpc) is 2.79. The van der Waals surface area contributed by atoms with Gasteiger partial charge >= 0.3 is 0 Å². The standard InChI is InChI=1S/C22H25N3O5S/c1-2-15-6-3-4-8-18(15)24-22(27)16-7-5-11-25(13-16)31(28,29)17-9-10-20-19(12-17)23-21(26)14-30-20/h3-4,6,8-10,12,16H,2,5,7,11,13-14H2,1H3,(H,23,26)(H,24,27)/t16-/m1/s1. The molecule has 1 atom stereocenters. The van der Waals surface area contributed by atoms with E-state index in [9.17, 15) is 18.0 Å². The molecule has 0 aliphatic carbocycles. The topological polar surface area (TPSA) is 105 Å². The number of piperidine rings is 1. The normalized spacial score (nSPS) is 19.1. The first-order valence-corrected chi connectivity index (χ1v) is 11.8. The van der Waals surface area contributed by atoms with Gasteiger partial charge < -0.3 is 15.4 Å². The third-order valence-electron chi connectivity index (χ3n) is 5.63. The fourth-order valence-electron chi connectivity index (χ4n) is 3.93. The van der Waals surface area contributed by atoms with Gasteiger partial charge in [-0.25, -0.2) is 8.42 Å². The minimum absolute atomic E-state index is 0.0643. The van der Waals surface area contributed by atoms with Crippen molar-refractivity contribution in [2.75, 3.05) is 30.3 Å². The highest BCUT2D eigenvalue weighted by Gasteiger charge is 2.34. The number of ether oxygens (including phenoxy) is 1. The van der Waals surface area contributed by atoms with E-state index in [1.165, 1.54) is 22.5 Å². The minimum Gasteiger partial charge on any atom is -0.482 e. The Balaban J connectivity index is 1.50. The lowest BCUT2D eigenvalue weighted by Gasteiger charge is -2.31. The first-order valence-electron chi connectivity index (χ1n) is 10.3. The molecule has 0 aromatic heterocycles. The summed E-state index contributed by atoms with van der Waals surface area (Å²) in [4.78, 5) is 24.5. The average molecular weight is 444 g/mol. The molecule has 0 unspecified atom stereocenters. The second kappa shape index (κ2) is 8.68. The highest BCUT2D eigenvalue weighted by molar-refractivity contribution is 7.89. The van der Waals surface area contributed by atoms with E-state index in [2.05, 4.69) is 10.6 Å². The van der Waals surface area contributed by atoms with Gasteiger partial charge in [0.15, 0.2) is 6.61 Å². The first-order chi connectivity index (χ1) is 14.9. The van der Waals surface area contributed by atoms with Crippen LogP contribution in [0.25, 0.3) is 0 Å². The molecule has 164 valence electrons. The second-order valence-corrected chi connectivity index (χ2v) is 9.63. The highest BCUT2D eigenvalue weighted by Crippen LogP contribution is 2.32. The van der Waals surface area contributed by atoms with Crippen molar-refractivity contribution in [3.63, 3.8) is 0 Å². The highest BCUT2D eigenvalue weighted by atomic mass is 32.2. The van der Waals surface area contributed by atoms with Crippen molar-refractivity contribution in [1.82, 2.24) is 4.31 Å². The van der Waals surface area contributed by atoms with Crippen LogP contribution >= 0.6 is 0 Å². The van der Waals surface area contributed by atoms with Gasteiger partial charge in [0.1, 0.15) is 5.75 Å². The summed E-state index contributed by atoms with van der Waals surface area (Å²) in [6, 6.07) is 12.0. The molecular formula is C22H25N3O5S. The smallest absolute Gasteiger partial charge is 0.262 e. The maximum absolute atomic E-state index is 13.2. The zero-order valence-electron chi connectivity index (χ0n) is 17.3. The predicted molar refractivity (Wildman–Crippen MR) is 116 cm³/mol. The van der Waals surface area contributed by atoms with Crippen LogP contribution < -0.4 is 15.4 Å². The van der Waals surface area contributed by atoms with E-state index >= 15 is 0 Å². The van der Waals surface area contributed by atoms with E-state index in [1.54, 1.807) is 0 Å². The van der Waals surface area contributed by atoms with Gasteiger partial charge in [0.2, 0.25) is 15.9 Å². The molecule has 2 aromatic carbocycles. The van der Waals surface area contributed by atoms with E-state index in [0.29, 0.717) is 30.8 Å². The Morgan fingerprint density at radius 3 is 2.87 bits per heavy atom. The van der Waals surface area contributed by atoms with Gasteiger partial charge in [0.25, 0.3) is 5.91 Å². The first kappa shape index (κ1) is 21.3. The molecule has 1 saturated heterocycles. The van der Waals surface area contributed by atoms with Crippen LogP contribution in [0.15, 0.2) is 47.4 Å². The van der Waals surface area contributed by atoms with Crippen LogP contribution in [0, 0.1) is 5.92 Å². The fraction of sp³-hybridized carbons (Fsp3) is 0.364. The molecule has 2 aliphatic heterocycles. The number of benzene rings is 2. The summed E-state index contributed by atoms with van der Waals surface area (Å²) < 4.78 is 33.1. The van der Waals surface area contributed by atoms with Crippen molar-refractivity contribution >= 4 is 33.2 Å². The van der Waals surface area contributed by atoms with Gasteiger partial charge in [-0.3, -0.25) is 9.59 Å². The van der Waals surface area contributed by atoms with E-state index in [-0.39, 0.29) is 29.9 Å². The van der Waals surface area contributed by atoms with E-state index < -0.39 is 15.9 Å². The maximum atomic E-state index is 13.2. The number of nitrogens with zero attached hydrogens (tertiary/aromatic N) is 1. The Hall–Kier alpha value is -2.91. The SMILES string of the molecule is CCc1ccccc1NC(=O)[C@@H]1CCCN(S(=O)(=O)c2ccc3c(c2)NC(=O)CO3)C1. The number of amides is 2. The van der Waals surface area contributed by atoms with E-state index in [4.69, 9.17) is 4.74 Å². The van der Waals surface area contributed by atoms with Crippen LogP contribution in [0.2, 0.25) is 0 Å². The molecule has 1 fully saturated rings. The number of fused-ring (bicyclic) bond motifs is 1. The van der Waals surface area contributed by atoms with Crippen molar-refractivity contribution in [3.8, 4) is 5.75 Å². The van der Waals surface area contributed by atoms with Crippen molar-refractivity contribution in [2.45, 2.75) is 31.1 Å². The van der Waals surface area contributed by atoms with Crippen LogP contribution in [0.1, 0.15) is 25.3 Å². The lowest BCUT2D eigenvalue weighted by atomic mass is 9.98. The second-order valence-electron chi connectivity index (χ2n) is 7.70. The molecule has 0 spiro atoms. The third-order valence-corrected chi connectivity index (χ3v) is 7.49. The quantitative estimate of drug-likeness (QED) is 0.739. The molecule has 2 N–H and O–H groups in total. The van der Waals surface area contributed by atoms with Gasteiger partial charge in [0, 0.05) is 18.8 Å². The number of rotatable bonds is 5. The van der Waals surface area contributed by atoms with E-state index in [1.807, 2.05) is 31.2 Å². The zero-order valence-corrected chi connectivity index (χ0v) is 18.1. The number of sulfonamides is 1. The Labute approximate surface area is 181 Å². The molecule has 9 heteroatoms. The number of anilines is 2. The number of aryl methyl sites for hydroxylation is 1. The van der Waals surface area contributed by atoms with Crippen LogP contribution in [0.4, 0.5) is 11.4 Å². The molecule has 2 amide bonds. The van der Waals surface area contributed by atoms with Crippen LogP contribution in [0.5, 0.6) is 5.75 Å². The van der Waals surface area contributed by atoms with Crippen molar-refractivity contribution < 1.29 is 22.7 Å². The number of carbonyl (C=O) groups is 2. The monoisotopic (exact) mass is 443 g/mol. The maximum Gasteiger partial charge on any atom is 0.262 e. The number of hydrogen-bond donors (Lipinski definition) is 2. The molecule has 2 aromatic rings. The summed E-state index contributed by atoms with van der Waals surface area (Å²) in [5.41, 5.74) is 2.13. The van der Waals surface area contributed by atoms with Crippen LogP contribution in [-0.4, -0.2) is 44.2 Å². The summed E-state index contributed by atoms with van der Waals surface area (Å²) in [7, 11) is -3.82. The summed E-state index contributed by atoms with van der Waals surface area (Å²) in [5, 5.41) is 5.59. The number of carbonyl (C=O) groups excluding carboxylic acids is 2. The Morgan fingerprint density at radius 1 is 1.26 bits per heavy atom. The Morgan fingerprint density at radius 2 is 2.06 bits per heavy atom. The van der Waals surface area contributed by atoms with Gasteiger partial charge in [-0.1, -0.05) is 25.1 Å². The summed E-state index contributed by atoms with van der Waals surface area (Å²) in [6.07, 6.45) is 2.01. The number of para-hydroxylation sites is 1. The molecule has 2 heterocycles. The van der Waals surface area contributed by atoms with Gasteiger partial charge in [-0.2, -0.15) is 4.31 Å². The van der Waals surface area contributed by atoms with Crippen molar-refractivity contribution in [1.29, 1.82) is 0 Å². The van der Waals surface area contributed by atoms with Crippen molar-refractivity contribution in [2.24, 2.45) is 5.92 Å². The van der Waals surface area contributed by atoms with Gasteiger partial charge in [-0.15, -0.1) is 0 Å².